The molecule has 1 aliphatic rings. The van der Waals surface area contributed by atoms with Gasteiger partial charge in [-0.15, -0.1) is 6.58 Å². The molecular formula is C14H24N2O3S. The molecule has 0 aliphatic heterocycles. The number of urea groups is 1. The van der Waals surface area contributed by atoms with Gasteiger partial charge in [0.05, 0.1) is 0 Å². The molecular weight excluding hydrogens is 276 g/mol. The normalized spacial score (nSPS) is 17.8. The molecule has 1 rings (SSSR count). The van der Waals surface area contributed by atoms with Crippen LogP contribution in [0.15, 0.2) is 12.7 Å². The molecule has 0 bridgehead atoms. The van der Waals surface area contributed by atoms with Gasteiger partial charge in [0.2, 0.25) is 0 Å². The van der Waals surface area contributed by atoms with Gasteiger partial charge in [0.15, 0.2) is 0 Å². The predicted octanol–water partition coefficient (Wildman–Crippen LogP) is 2.38. The molecule has 0 radical (unpaired) electrons. The summed E-state index contributed by atoms with van der Waals surface area (Å²) in [5, 5.41) is 14.9. The van der Waals surface area contributed by atoms with Crippen LogP contribution in [0.3, 0.4) is 0 Å². The third kappa shape index (κ3) is 5.45. The molecule has 2 amide bonds. The summed E-state index contributed by atoms with van der Waals surface area (Å²) in [6.45, 7) is 4.15. The van der Waals surface area contributed by atoms with Gasteiger partial charge in [-0.25, -0.2) is 9.59 Å². The Bertz CT molecular complexity index is 339. The molecule has 0 spiro atoms. The molecule has 3 N–H and O–H groups in total. The Hall–Kier alpha value is -1.17. The number of carboxylic acids is 1. The highest BCUT2D eigenvalue weighted by Crippen LogP contribution is 2.27. The average Bonchev–Trinajstić information content (AvgIpc) is 2.65. The smallest absolute Gasteiger partial charge is 0.329 e. The molecule has 0 unspecified atom stereocenters. The van der Waals surface area contributed by atoms with Crippen LogP contribution >= 0.6 is 11.8 Å². The molecule has 0 aromatic heterocycles. The number of nitrogens with one attached hydrogen (secondary N) is 2. The highest BCUT2D eigenvalue weighted by molar-refractivity contribution is 7.99. The number of amides is 2. The summed E-state index contributed by atoms with van der Waals surface area (Å²) < 4.78 is 0. The standard InChI is InChI=1S/C14H24N2O3S/c1-2-10-20-11-9-15-13(19)16-14(12(17)18)7-5-3-4-6-8-14/h2H,1,3-11H2,(H,17,18)(H2,15,16,19). The lowest BCUT2D eigenvalue weighted by molar-refractivity contribution is -0.145. The molecule has 0 aromatic carbocycles. The molecule has 20 heavy (non-hydrogen) atoms. The van der Waals surface area contributed by atoms with E-state index >= 15 is 0 Å². The van der Waals surface area contributed by atoms with E-state index in [0.29, 0.717) is 19.4 Å². The zero-order chi connectivity index (χ0) is 14.8. The van der Waals surface area contributed by atoms with Crippen molar-refractivity contribution >= 4 is 23.8 Å². The van der Waals surface area contributed by atoms with E-state index in [1.165, 1.54) is 0 Å². The van der Waals surface area contributed by atoms with Crippen molar-refractivity contribution in [2.45, 2.75) is 44.1 Å². The summed E-state index contributed by atoms with van der Waals surface area (Å²) in [4.78, 5) is 23.4. The van der Waals surface area contributed by atoms with E-state index in [2.05, 4.69) is 17.2 Å². The summed E-state index contributed by atoms with van der Waals surface area (Å²) in [6, 6.07) is -0.381. The maximum Gasteiger partial charge on any atom is 0.329 e. The summed E-state index contributed by atoms with van der Waals surface area (Å²) in [5.74, 6) is 0.720. The van der Waals surface area contributed by atoms with Gasteiger partial charge in [-0.3, -0.25) is 0 Å². The van der Waals surface area contributed by atoms with Crippen molar-refractivity contribution in [1.29, 1.82) is 0 Å². The third-order valence-electron chi connectivity index (χ3n) is 3.49. The SMILES string of the molecule is C=CCSCCNC(=O)NC1(C(=O)O)CCCCCC1. The van der Waals surface area contributed by atoms with Crippen LogP contribution < -0.4 is 10.6 Å². The fourth-order valence-electron chi connectivity index (χ4n) is 2.39. The van der Waals surface area contributed by atoms with Crippen molar-refractivity contribution in [2.75, 3.05) is 18.1 Å². The molecule has 0 aromatic rings. The zero-order valence-electron chi connectivity index (χ0n) is 11.8. The first kappa shape index (κ1) is 16.9. The van der Waals surface area contributed by atoms with Crippen molar-refractivity contribution in [2.24, 2.45) is 0 Å². The lowest BCUT2D eigenvalue weighted by atomic mass is 9.90. The Balaban J connectivity index is 2.42. The van der Waals surface area contributed by atoms with E-state index in [-0.39, 0.29) is 6.03 Å². The van der Waals surface area contributed by atoms with E-state index in [1.807, 2.05) is 6.08 Å². The monoisotopic (exact) mass is 300 g/mol. The molecule has 5 nitrogen and oxygen atoms in total. The molecule has 0 heterocycles. The first-order valence-corrected chi connectivity index (χ1v) is 8.24. The number of carbonyl (C=O) groups excluding carboxylic acids is 1. The van der Waals surface area contributed by atoms with Crippen molar-refractivity contribution in [3.05, 3.63) is 12.7 Å². The van der Waals surface area contributed by atoms with Crippen molar-refractivity contribution in [1.82, 2.24) is 10.6 Å². The summed E-state index contributed by atoms with van der Waals surface area (Å²) >= 11 is 1.67. The molecule has 1 aliphatic carbocycles. The van der Waals surface area contributed by atoms with Gasteiger partial charge < -0.3 is 15.7 Å². The van der Waals surface area contributed by atoms with Crippen LogP contribution in [0.25, 0.3) is 0 Å². The van der Waals surface area contributed by atoms with E-state index in [4.69, 9.17) is 0 Å². The Morgan fingerprint density at radius 1 is 1.25 bits per heavy atom. The van der Waals surface area contributed by atoms with Gasteiger partial charge in [0.25, 0.3) is 0 Å². The highest BCUT2D eigenvalue weighted by atomic mass is 32.2. The van der Waals surface area contributed by atoms with Gasteiger partial charge in [-0.05, 0) is 12.8 Å². The van der Waals surface area contributed by atoms with Gasteiger partial charge in [0, 0.05) is 18.1 Å². The van der Waals surface area contributed by atoms with E-state index < -0.39 is 11.5 Å². The van der Waals surface area contributed by atoms with Crippen molar-refractivity contribution in [3.8, 4) is 0 Å². The lowest BCUT2D eigenvalue weighted by Crippen LogP contribution is -2.57. The van der Waals surface area contributed by atoms with E-state index in [9.17, 15) is 14.7 Å². The number of aliphatic carboxylic acids is 1. The largest absolute Gasteiger partial charge is 0.480 e. The second-order valence-corrected chi connectivity index (χ2v) is 6.20. The van der Waals surface area contributed by atoms with Crippen molar-refractivity contribution in [3.63, 3.8) is 0 Å². The number of carbonyl (C=O) groups is 2. The quantitative estimate of drug-likeness (QED) is 0.383. The molecule has 1 saturated carbocycles. The summed E-state index contributed by atoms with van der Waals surface area (Å²) in [5.41, 5.74) is -1.09. The number of rotatable bonds is 7. The lowest BCUT2D eigenvalue weighted by Gasteiger charge is -2.29. The fraction of sp³-hybridized carbons (Fsp3) is 0.714. The Labute approximate surface area is 124 Å². The number of carboxylic acid groups (broad SMARTS) is 1. The van der Waals surface area contributed by atoms with Crippen molar-refractivity contribution < 1.29 is 14.7 Å². The second kappa shape index (κ2) is 8.89. The number of hydrogen-bond donors (Lipinski definition) is 3. The van der Waals surface area contributed by atoms with Gasteiger partial charge in [-0.2, -0.15) is 11.8 Å². The minimum Gasteiger partial charge on any atom is -0.480 e. The molecule has 114 valence electrons. The number of thioether (sulfide) groups is 1. The maximum absolute atomic E-state index is 11.9. The fourth-order valence-corrected chi connectivity index (χ4v) is 2.97. The first-order valence-electron chi connectivity index (χ1n) is 7.09. The molecule has 1 fully saturated rings. The zero-order valence-corrected chi connectivity index (χ0v) is 12.6. The summed E-state index contributed by atoms with van der Waals surface area (Å²) in [6.07, 6.45) is 6.62. The van der Waals surface area contributed by atoms with Crippen LogP contribution in [0.1, 0.15) is 38.5 Å². The van der Waals surface area contributed by atoms with Crippen LogP contribution in [0.5, 0.6) is 0 Å². The van der Waals surface area contributed by atoms with E-state index in [1.54, 1.807) is 11.8 Å². The van der Waals surface area contributed by atoms with Crippen LogP contribution in [0.4, 0.5) is 4.79 Å². The molecule has 6 heteroatoms. The van der Waals surface area contributed by atoms with Crippen LogP contribution in [0, 0.1) is 0 Å². The Morgan fingerprint density at radius 2 is 1.90 bits per heavy atom. The topological polar surface area (TPSA) is 78.4 Å². The average molecular weight is 300 g/mol. The summed E-state index contributed by atoms with van der Waals surface area (Å²) in [7, 11) is 0. The minimum absolute atomic E-state index is 0.381. The van der Waals surface area contributed by atoms with Crippen LogP contribution in [-0.4, -0.2) is 40.7 Å². The molecule has 0 saturated heterocycles. The maximum atomic E-state index is 11.9. The van der Waals surface area contributed by atoms with Gasteiger partial charge >= 0.3 is 12.0 Å². The Kier molecular flexibility index (Phi) is 7.51. The van der Waals surface area contributed by atoms with Gasteiger partial charge in [0.1, 0.15) is 5.54 Å². The second-order valence-electron chi connectivity index (χ2n) is 5.05. The predicted molar refractivity (Wildman–Crippen MR) is 82.1 cm³/mol. The van der Waals surface area contributed by atoms with Gasteiger partial charge in [-0.1, -0.05) is 31.8 Å². The number of hydrogen-bond acceptors (Lipinski definition) is 3. The van der Waals surface area contributed by atoms with Crippen LogP contribution in [-0.2, 0) is 4.79 Å². The highest BCUT2D eigenvalue weighted by Gasteiger charge is 2.39. The minimum atomic E-state index is -1.09. The van der Waals surface area contributed by atoms with E-state index in [0.717, 1.165) is 37.2 Å². The van der Waals surface area contributed by atoms with Crippen LogP contribution in [0.2, 0.25) is 0 Å². The third-order valence-corrected chi connectivity index (χ3v) is 4.45. The first-order chi connectivity index (χ1) is 9.60. The molecule has 0 atom stereocenters. The Morgan fingerprint density at radius 3 is 2.45 bits per heavy atom.